The molecule has 0 aliphatic carbocycles. The van der Waals surface area contributed by atoms with Gasteiger partial charge in [0.1, 0.15) is 0 Å². The lowest BCUT2D eigenvalue weighted by molar-refractivity contribution is -0.0908. The highest BCUT2D eigenvalue weighted by Crippen LogP contribution is 1.99. The first-order valence-electron chi connectivity index (χ1n) is 5.21. The van der Waals surface area contributed by atoms with Crippen molar-refractivity contribution in [3.63, 3.8) is 0 Å². The van der Waals surface area contributed by atoms with E-state index in [1.807, 2.05) is 7.05 Å². The van der Waals surface area contributed by atoms with Crippen LogP contribution in [-0.2, 0) is 4.74 Å². The van der Waals surface area contributed by atoms with Gasteiger partial charge in [0.2, 0.25) is 0 Å². The van der Waals surface area contributed by atoms with Crippen molar-refractivity contribution in [2.45, 2.75) is 31.3 Å². The molecule has 0 aromatic heterocycles. The van der Waals surface area contributed by atoms with Crippen LogP contribution >= 0.6 is 0 Å². The highest BCUT2D eigenvalue weighted by atomic mass is 16.6. The van der Waals surface area contributed by atoms with Crippen molar-refractivity contribution in [1.82, 2.24) is 10.6 Å². The zero-order chi connectivity index (χ0) is 11.7. The van der Waals surface area contributed by atoms with Crippen LogP contribution in [0.15, 0.2) is 0 Å². The third-order valence-corrected chi connectivity index (χ3v) is 2.15. The minimum atomic E-state index is -0.879. The van der Waals surface area contributed by atoms with E-state index >= 15 is 0 Å². The van der Waals surface area contributed by atoms with Gasteiger partial charge in [-0.05, 0) is 26.4 Å². The van der Waals surface area contributed by atoms with Crippen LogP contribution in [0.3, 0.4) is 0 Å². The van der Waals surface area contributed by atoms with Crippen molar-refractivity contribution < 1.29 is 9.84 Å². The number of nitrogens with two attached hydrogens (primary N) is 2. The molecule has 0 amide bonds. The Morgan fingerprint density at radius 1 is 1.40 bits per heavy atom. The molecule has 0 heterocycles. The molecule has 0 aliphatic rings. The van der Waals surface area contributed by atoms with Crippen molar-refractivity contribution in [3.05, 3.63) is 0 Å². The maximum atomic E-state index is 9.22. The van der Waals surface area contributed by atoms with Crippen molar-refractivity contribution in [3.8, 4) is 0 Å². The minimum Gasteiger partial charge on any atom is -0.367 e. The predicted octanol–water partition coefficient (Wildman–Crippen LogP) is -1.85. The molecule has 0 saturated carbocycles. The summed E-state index contributed by atoms with van der Waals surface area (Å²) in [6.07, 6.45) is 0.641. The molecule has 6 nitrogen and oxygen atoms in total. The molecular formula is C9H24N4O2. The summed E-state index contributed by atoms with van der Waals surface area (Å²) >= 11 is 0. The van der Waals surface area contributed by atoms with Gasteiger partial charge >= 0.3 is 0 Å². The number of methoxy groups -OCH3 is 1. The topological polar surface area (TPSA) is 106 Å². The Hall–Kier alpha value is -0.240. The Bertz CT molecular complexity index is 148. The van der Waals surface area contributed by atoms with Gasteiger partial charge in [-0.1, -0.05) is 0 Å². The minimum absolute atomic E-state index is 0.0430. The normalized spacial score (nSPS) is 17.4. The van der Waals surface area contributed by atoms with E-state index < -0.39 is 6.29 Å². The molecule has 15 heavy (non-hydrogen) atoms. The smallest absolute Gasteiger partial charge is 0.169 e. The van der Waals surface area contributed by atoms with Crippen LogP contribution in [-0.4, -0.2) is 50.9 Å². The van der Waals surface area contributed by atoms with Gasteiger partial charge in [-0.2, -0.15) is 0 Å². The van der Waals surface area contributed by atoms with Crippen molar-refractivity contribution >= 4 is 0 Å². The summed E-state index contributed by atoms with van der Waals surface area (Å²) in [7, 11) is 3.29. The lowest BCUT2D eigenvalue weighted by atomic mass is 10.1. The summed E-state index contributed by atoms with van der Waals surface area (Å²) in [5.74, 6) is 0. The van der Waals surface area contributed by atoms with Crippen LogP contribution in [0.2, 0.25) is 0 Å². The maximum absolute atomic E-state index is 9.22. The van der Waals surface area contributed by atoms with E-state index in [2.05, 4.69) is 10.6 Å². The highest BCUT2D eigenvalue weighted by molar-refractivity contribution is 4.66. The first-order valence-corrected chi connectivity index (χ1v) is 5.21. The molecule has 0 aromatic carbocycles. The van der Waals surface area contributed by atoms with E-state index in [1.165, 1.54) is 7.11 Å². The lowest BCUT2D eigenvalue weighted by Crippen LogP contribution is -2.45. The molecule has 0 aliphatic heterocycles. The molecule has 0 fully saturated rings. The molecule has 92 valence electrons. The Balaban J connectivity index is 3.37. The quantitative estimate of drug-likeness (QED) is 0.231. The summed E-state index contributed by atoms with van der Waals surface area (Å²) < 4.78 is 4.70. The van der Waals surface area contributed by atoms with Gasteiger partial charge in [0.15, 0.2) is 6.29 Å². The molecule has 0 saturated heterocycles. The van der Waals surface area contributed by atoms with E-state index in [0.29, 0.717) is 6.42 Å². The number of aliphatic hydroxyl groups is 1. The standard InChI is InChI=1S/C9H24N4O2/c1-12-6-8(11)13-5-3-4-7(10)9(14)15-2/h7-9,12-14H,3-6,10-11H2,1-2H3/t7-,8?,9?/m0/s1. The van der Waals surface area contributed by atoms with Gasteiger partial charge in [0.25, 0.3) is 0 Å². The zero-order valence-electron chi connectivity index (χ0n) is 9.57. The van der Waals surface area contributed by atoms with Crippen LogP contribution in [0.1, 0.15) is 12.8 Å². The molecule has 3 atom stereocenters. The summed E-state index contributed by atoms with van der Waals surface area (Å²) in [6.45, 7) is 1.51. The van der Waals surface area contributed by atoms with Crippen LogP contribution in [0.5, 0.6) is 0 Å². The Morgan fingerprint density at radius 3 is 2.60 bits per heavy atom. The summed E-state index contributed by atoms with van der Waals surface area (Å²) in [4.78, 5) is 0. The van der Waals surface area contributed by atoms with Gasteiger partial charge in [-0.25, -0.2) is 0 Å². The molecule has 0 spiro atoms. The Labute approximate surface area is 91.3 Å². The number of ether oxygens (including phenoxy) is 1. The molecule has 0 radical (unpaired) electrons. The largest absolute Gasteiger partial charge is 0.367 e. The monoisotopic (exact) mass is 220 g/mol. The third kappa shape index (κ3) is 7.66. The van der Waals surface area contributed by atoms with E-state index in [1.54, 1.807) is 0 Å². The second kappa shape index (κ2) is 9.02. The van der Waals surface area contributed by atoms with Crippen molar-refractivity contribution in [2.75, 3.05) is 27.2 Å². The molecular weight excluding hydrogens is 196 g/mol. The lowest BCUT2D eigenvalue weighted by Gasteiger charge is -2.18. The summed E-state index contributed by atoms with van der Waals surface area (Å²) in [5, 5.41) is 15.3. The first-order chi connectivity index (χ1) is 7.11. The molecule has 0 rings (SSSR count). The SMILES string of the molecule is CNCC(N)NCCC[C@H](N)C(O)OC. The van der Waals surface area contributed by atoms with Crippen LogP contribution in [0.4, 0.5) is 0 Å². The molecule has 0 bridgehead atoms. The van der Waals surface area contributed by atoms with E-state index in [0.717, 1.165) is 19.5 Å². The van der Waals surface area contributed by atoms with E-state index in [4.69, 9.17) is 16.2 Å². The van der Waals surface area contributed by atoms with Gasteiger partial charge in [-0.3, -0.25) is 0 Å². The average Bonchev–Trinajstić information content (AvgIpc) is 2.23. The van der Waals surface area contributed by atoms with Gasteiger partial charge in [-0.15, -0.1) is 0 Å². The van der Waals surface area contributed by atoms with E-state index in [-0.39, 0.29) is 12.2 Å². The zero-order valence-corrected chi connectivity index (χ0v) is 9.57. The van der Waals surface area contributed by atoms with E-state index in [9.17, 15) is 5.11 Å². The second-order valence-electron chi connectivity index (χ2n) is 3.55. The van der Waals surface area contributed by atoms with Gasteiger partial charge in [0.05, 0.1) is 12.2 Å². The fourth-order valence-electron chi connectivity index (χ4n) is 1.23. The number of aliphatic hydroxyl groups excluding tert-OH is 1. The first kappa shape index (κ1) is 14.8. The molecule has 6 heteroatoms. The second-order valence-corrected chi connectivity index (χ2v) is 3.55. The average molecular weight is 220 g/mol. The number of rotatable bonds is 9. The highest BCUT2D eigenvalue weighted by Gasteiger charge is 2.12. The van der Waals surface area contributed by atoms with Crippen LogP contribution in [0.25, 0.3) is 0 Å². The van der Waals surface area contributed by atoms with Crippen LogP contribution in [0, 0.1) is 0 Å². The van der Waals surface area contributed by atoms with Crippen LogP contribution < -0.4 is 22.1 Å². The number of likely N-dealkylation sites (N-methyl/N-ethyl adjacent to an activating group) is 1. The number of hydrogen-bond donors (Lipinski definition) is 5. The Morgan fingerprint density at radius 2 is 2.07 bits per heavy atom. The van der Waals surface area contributed by atoms with Gasteiger partial charge in [0, 0.05) is 13.7 Å². The molecule has 2 unspecified atom stereocenters. The third-order valence-electron chi connectivity index (χ3n) is 2.15. The number of hydrogen-bond acceptors (Lipinski definition) is 6. The molecule has 0 aromatic rings. The van der Waals surface area contributed by atoms with Crippen molar-refractivity contribution in [2.24, 2.45) is 11.5 Å². The molecule has 7 N–H and O–H groups in total. The predicted molar refractivity (Wildman–Crippen MR) is 60.1 cm³/mol. The maximum Gasteiger partial charge on any atom is 0.169 e. The van der Waals surface area contributed by atoms with Crippen molar-refractivity contribution in [1.29, 1.82) is 0 Å². The summed E-state index contributed by atoms with van der Waals surface area (Å²) in [6, 6.07) is -0.336. The number of nitrogens with one attached hydrogen (secondary N) is 2. The summed E-state index contributed by atoms with van der Waals surface area (Å²) in [5.41, 5.74) is 11.4. The fourth-order valence-corrected chi connectivity index (χ4v) is 1.23. The van der Waals surface area contributed by atoms with Gasteiger partial charge < -0.3 is 31.9 Å². The fraction of sp³-hybridized carbons (Fsp3) is 1.00. The Kier molecular flexibility index (Phi) is 8.88.